The average molecular weight is 349 g/mol. The number of nitrogens with zero attached hydrogens (tertiary/aromatic N) is 1. The standard InChI is InChI=1S/C17H17ClN2O4/c1-2-7-19-15(21)11-24-17(23)13-8-16(22)20(10-13)9-12-5-3-4-6-14(12)18/h1,3-6,13H,7-11H2,(H,19,21)/t13-/m1/s1. The van der Waals surface area contributed by atoms with E-state index >= 15 is 0 Å². The molecule has 1 aromatic rings. The molecule has 0 radical (unpaired) electrons. The van der Waals surface area contributed by atoms with Crippen LogP contribution in [0.1, 0.15) is 12.0 Å². The molecule has 1 heterocycles. The van der Waals surface area contributed by atoms with Gasteiger partial charge >= 0.3 is 5.97 Å². The van der Waals surface area contributed by atoms with Crippen LogP contribution in [0.3, 0.4) is 0 Å². The Labute approximate surface area is 145 Å². The maximum absolute atomic E-state index is 12.1. The van der Waals surface area contributed by atoms with Crippen LogP contribution in [0.25, 0.3) is 0 Å². The van der Waals surface area contributed by atoms with Gasteiger partial charge in [-0.25, -0.2) is 0 Å². The van der Waals surface area contributed by atoms with Crippen LogP contribution in [-0.4, -0.2) is 42.4 Å². The summed E-state index contributed by atoms with van der Waals surface area (Å²) in [6, 6.07) is 7.22. The number of amides is 2. The summed E-state index contributed by atoms with van der Waals surface area (Å²) in [6.45, 7) is 0.249. The molecule has 1 atom stereocenters. The zero-order chi connectivity index (χ0) is 17.5. The molecule has 1 aliphatic rings. The lowest BCUT2D eigenvalue weighted by molar-refractivity contribution is -0.152. The predicted molar refractivity (Wildman–Crippen MR) is 87.8 cm³/mol. The number of terminal acetylenes is 1. The van der Waals surface area contributed by atoms with E-state index in [0.29, 0.717) is 11.6 Å². The van der Waals surface area contributed by atoms with Crippen molar-refractivity contribution in [2.24, 2.45) is 5.92 Å². The van der Waals surface area contributed by atoms with Crippen LogP contribution < -0.4 is 5.32 Å². The molecule has 0 spiro atoms. The van der Waals surface area contributed by atoms with Crippen molar-refractivity contribution in [3.63, 3.8) is 0 Å². The van der Waals surface area contributed by atoms with Gasteiger partial charge in [0.2, 0.25) is 5.91 Å². The van der Waals surface area contributed by atoms with E-state index in [1.165, 1.54) is 0 Å². The van der Waals surface area contributed by atoms with Crippen LogP contribution in [-0.2, 0) is 25.7 Å². The molecule has 6 nitrogen and oxygen atoms in total. The molecule has 24 heavy (non-hydrogen) atoms. The van der Waals surface area contributed by atoms with E-state index in [9.17, 15) is 14.4 Å². The molecule has 0 aliphatic carbocycles. The smallest absolute Gasteiger partial charge is 0.311 e. The highest BCUT2D eigenvalue weighted by Crippen LogP contribution is 2.24. The minimum atomic E-state index is -0.583. The van der Waals surface area contributed by atoms with E-state index in [-0.39, 0.29) is 25.4 Å². The number of likely N-dealkylation sites (tertiary alicyclic amines) is 1. The van der Waals surface area contributed by atoms with Crippen LogP contribution in [0.5, 0.6) is 0 Å². The molecule has 0 unspecified atom stereocenters. The Morgan fingerprint density at radius 1 is 1.42 bits per heavy atom. The molecule has 1 fully saturated rings. The van der Waals surface area contributed by atoms with Gasteiger partial charge in [0.25, 0.3) is 5.91 Å². The van der Waals surface area contributed by atoms with E-state index in [4.69, 9.17) is 22.8 Å². The average Bonchev–Trinajstić information content (AvgIpc) is 2.93. The number of nitrogens with one attached hydrogen (secondary N) is 1. The van der Waals surface area contributed by atoms with Crippen molar-refractivity contribution in [3.8, 4) is 12.3 Å². The number of rotatable bonds is 6. The Bertz CT molecular complexity index is 683. The van der Waals surface area contributed by atoms with Crippen LogP contribution in [0.2, 0.25) is 5.02 Å². The van der Waals surface area contributed by atoms with Crippen molar-refractivity contribution in [3.05, 3.63) is 34.9 Å². The Hall–Kier alpha value is -2.52. The van der Waals surface area contributed by atoms with E-state index in [1.807, 2.05) is 18.2 Å². The van der Waals surface area contributed by atoms with Gasteiger partial charge in [-0.2, -0.15) is 0 Å². The first kappa shape index (κ1) is 17.8. The minimum Gasteiger partial charge on any atom is -0.455 e. The molecule has 0 saturated carbocycles. The number of carbonyl (C=O) groups is 3. The molecule has 1 saturated heterocycles. The molecular formula is C17H17ClN2O4. The summed E-state index contributed by atoms with van der Waals surface area (Å²) in [4.78, 5) is 37.0. The third-order valence-corrected chi connectivity index (χ3v) is 3.97. The van der Waals surface area contributed by atoms with E-state index in [0.717, 1.165) is 5.56 Å². The van der Waals surface area contributed by atoms with Crippen LogP contribution in [0.15, 0.2) is 24.3 Å². The summed E-state index contributed by atoms with van der Waals surface area (Å²) in [7, 11) is 0. The summed E-state index contributed by atoms with van der Waals surface area (Å²) in [5, 5.41) is 2.96. The molecule has 126 valence electrons. The van der Waals surface area contributed by atoms with Crippen LogP contribution >= 0.6 is 11.6 Å². The SMILES string of the molecule is C#CCNC(=O)COC(=O)[C@@H]1CC(=O)N(Cc2ccccc2Cl)C1. The Balaban J connectivity index is 1.85. The van der Waals surface area contributed by atoms with Crippen molar-refractivity contribution in [2.45, 2.75) is 13.0 Å². The first-order chi connectivity index (χ1) is 11.5. The maximum Gasteiger partial charge on any atom is 0.311 e. The van der Waals surface area contributed by atoms with E-state index < -0.39 is 24.4 Å². The molecule has 2 rings (SSSR count). The van der Waals surface area contributed by atoms with Gasteiger partial charge in [0.1, 0.15) is 0 Å². The molecule has 7 heteroatoms. The fourth-order valence-electron chi connectivity index (χ4n) is 2.37. The van der Waals surface area contributed by atoms with Crippen molar-refractivity contribution in [1.29, 1.82) is 0 Å². The van der Waals surface area contributed by atoms with Gasteiger partial charge in [0, 0.05) is 24.5 Å². The second-order valence-electron chi connectivity index (χ2n) is 5.36. The van der Waals surface area contributed by atoms with Crippen LogP contribution in [0.4, 0.5) is 0 Å². The van der Waals surface area contributed by atoms with Crippen molar-refractivity contribution < 1.29 is 19.1 Å². The Kier molecular flexibility index (Phi) is 6.21. The summed E-state index contributed by atoms with van der Waals surface area (Å²) < 4.78 is 4.93. The molecule has 1 aromatic carbocycles. The lowest BCUT2D eigenvalue weighted by Gasteiger charge is -2.17. The summed E-state index contributed by atoms with van der Waals surface area (Å²) >= 11 is 6.09. The summed E-state index contributed by atoms with van der Waals surface area (Å²) in [5.41, 5.74) is 0.815. The second kappa shape index (κ2) is 8.37. The van der Waals surface area contributed by atoms with Gasteiger partial charge in [0.05, 0.1) is 12.5 Å². The van der Waals surface area contributed by atoms with Gasteiger partial charge in [-0.1, -0.05) is 35.7 Å². The third kappa shape index (κ3) is 4.74. The lowest BCUT2D eigenvalue weighted by atomic mass is 10.1. The highest BCUT2D eigenvalue weighted by molar-refractivity contribution is 6.31. The Morgan fingerprint density at radius 2 is 2.17 bits per heavy atom. The molecule has 0 aromatic heterocycles. The number of ether oxygens (including phenoxy) is 1. The van der Waals surface area contributed by atoms with Gasteiger partial charge in [-0.05, 0) is 11.6 Å². The first-order valence-corrected chi connectivity index (χ1v) is 7.77. The molecule has 2 amide bonds. The lowest BCUT2D eigenvalue weighted by Crippen LogP contribution is -2.31. The fourth-order valence-corrected chi connectivity index (χ4v) is 2.57. The fraction of sp³-hybridized carbons (Fsp3) is 0.353. The minimum absolute atomic E-state index is 0.0647. The number of halogens is 1. The van der Waals surface area contributed by atoms with Crippen LogP contribution in [0, 0.1) is 18.3 Å². The number of benzene rings is 1. The number of esters is 1. The highest BCUT2D eigenvalue weighted by atomic mass is 35.5. The summed E-state index contributed by atoms with van der Waals surface area (Å²) in [6.07, 6.45) is 5.08. The predicted octanol–water partition coefficient (Wildman–Crippen LogP) is 0.981. The monoisotopic (exact) mass is 348 g/mol. The third-order valence-electron chi connectivity index (χ3n) is 3.60. The van der Waals surface area contributed by atoms with E-state index in [1.54, 1.807) is 11.0 Å². The number of hydrogen-bond donors (Lipinski definition) is 1. The largest absolute Gasteiger partial charge is 0.455 e. The van der Waals surface area contributed by atoms with Gasteiger partial charge in [-0.15, -0.1) is 6.42 Å². The Morgan fingerprint density at radius 3 is 2.88 bits per heavy atom. The molecule has 1 N–H and O–H groups in total. The highest BCUT2D eigenvalue weighted by Gasteiger charge is 2.35. The zero-order valence-electron chi connectivity index (χ0n) is 13.0. The maximum atomic E-state index is 12.1. The van der Waals surface area contributed by atoms with Crippen molar-refractivity contribution >= 4 is 29.4 Å². The zero-order valence-corrected chi connectivity index (χ0v) is 13.7. The van der Waals surface area contributed by atoms with E-state index in [2.05, 4.69) is 11.2 Å². The number of hydrogen-bond acceptors (Lipinski definition) is 4. The molecular weight excluding hydrogens is 332 g/mol. The van der Waals surface area contributed by atoms with Gasteiger partial charge in [0.15, 0.2) is 6.61 Å². The van der Waals surface area contributed by atoms with Gasteiger partial charge in [-0.3, -0.25) is 14.4 Å². The quantitative estimate of drug-likeness (QED) is 0.614. The molecule has 1 aliphatic heterocycles. The number of carbonyl (C=O) groups excluding carboxylic acids is 3. The topological polar surface area (TPSA) is 75.7 Å². The van der Waals surface area contributed by atoms with Gasteiger partial charge < -0.3 is 15.0 Å². The van der Waals surface area contributed by atoms with Crippen molar-refractivity contribution in [1.82, 2.24) is 10.2 Å². The van der Waals surface area contributed by atoms with Crippen molar-refractivity contribution in [2.75, 3.05) is 19.7 Å². The summed E-state index contributed by atoms with van der Waals surface area (Å²) in [5.74, 6) is 0.476. The normalized spacial score (nSPS) is 16.6. The first-order valence-electron chi connectivity index (χ1n) is 7.39. The molecule has 0 bridgehead atoms. The second-order valence-corrected chi connectivity index (χ2v) is 5.76.